The highest BCUT2D eigenvalue weighted by molar-refractivity contribution is 7.99. The second-order valence-corrected chi connectivity index (χ2v) is 6.93. The standard InChI is InChI=1S/C10H15N3O4S2/c1-2-17-10(14)9-7-18-4-3-13(9)19(15,16)8-5-11-12-6-8/h5-6,9H,2-4,7H2,1H3,(H,11,12). The maximum Gasteiger partial charge on any atom is 0.325 e. The first kappa shape index (κ1) is 14.4. The lowest BCUT2D eigenvalue weighted by Gasteiger charge is -2.32. The highest BCUT2D eigenvalue weighted by Crippen LogP contribution is 2.24. The molecule has 1 atom stereocenters. The summed E-state index contributed by atoms with van der Waals surface area (Å²) in [6.45, 7) is 2.23. The summed E-state index contributed by atoms with van der Waals surface area (Å²) in [5, 5.41) is 6.10. The second-order valence-electron chi connectivity index (χ2n) is 3.89. The molecule has 1 N–H and O–H groups in total. The third-order valence-electron chi connectivity index (χ3n) is 2.72. The molecule has 1 aliphatic rings. The zero-order valence-electron chi connectivity index (χ0n) is 10.4. The second kappa shape index (κ2) is 5.93. The van der Waals surface area contributed by atoms with Crippen molar-refractivity contribution in [2.24, 2.45) is 0 Å². The van der Waals surface area contributed by atoms with Gasteiger partial charge in [0.2, 0.25) is 10.0 Å². The molecule has 19 heavy (non-hydrogen) atoms. The smallest absolute Gasteiger partial charge is 0.325 e. The molecule has 7 nitrogen and oxygen atoms in total. The van der Waals surface area contributed by atoms with Crippen LogP contribution in [0.1, 0.15) is 6.92 Å². The summed E-state index contributed by atoms with van der Waals surface area (Å²) >= 11 is 1.54. The van der Waals surface area contributed by atoms with Crippen molar-refractivity contribution in [3.8, 4) is 0 Å². The third-order valence-corrected chi connectivity index (χ3v) is 5.61. The summed E-state index contributed by atoms with van der Waals surface area (Å²) in [6.07, 6.45) is 2.54. The molecule has 0 saturated carbocycles. The van der Waals surface area contributed by atoms with Gasteiger partial charge in [0.15, 0.2) is 0 Å². The Kier molecular flexibility index (Phi) is 4.48. The Morgan fingerprint density at radius 2 is 2.47 bits per heavy atom. The van der Waals surface area contributed by atoms with Crippen LogP contribution in [-0.4, -0.2) is 59.6 Å². The Morgan fingerprint density at radius 3 is 3.11 bits per heavy atom. The molecular weight excluding hydrogens is 290 g/mol. The van der Waals surface area contributed by atoms with Gasteiger partial charge in [-0.1, -0.05) is 0 Å². The first-order chi connectivity index (χ1) is 9.07. The van der Waals surface area contributed by atoms with E-state index in [9.17, 15) is 13.2 Å². The summed E-state index contributed by atoms with van der Waals surface area (Å²) < 4.78 is 31.0. The van der Waals surface area contributed by atoms with Gasteiger partial charge in [-0.15, -0.1) is 0 Å². The van der Waals surface area contributed by atoms with Crippen molar-refractivity contribution in [2.45, 2.75) is 17.9 Å². The minimum atomic E-state index is -3.71. The van der Waals surface area contributed by atoms with Crippen molar-refractivity contribution >= 4 is 27.8 Å². The van der Waals surface area contributed by atoms with E-state index in [1.807, 2.05) is 0 Å². The molecule has 9 heteroatoms. The fraction of sp³-hybridized carbons (Fsp3) is 0.600. The zero-order valence-corrected chi connectivity index (χ0v) is 12.0. The topological polar surface area (TPSA) is 92.4 Å². The van der Waals surface area contributed by atoms with Crippen LogP contribution in [0.5, 0.6) is 0 Å². The van der Waals surface area contributed by atoms with Gasteiger partial charge in [0, 0.05) is 24.2 Å². The van der Waals surface area contributed by atoms with Crippen LogP contribution in [0.4, 0.5) is 0 Å². The molecule has 1 aliphatic heterocycles. The normalized spacial score (nSPS) is 21.2. The molecule has 1 unspecified atom stereocenters. The molecule has 1 fully saturated rings. The fourth-order valence-electron chi connectivity index (χ4n) is 1.82. The Bertz CT molecular complexity index is 529. The van der Waals surface area contributed by atoms with Crippen molar-refractivity contribution in [1.29, 1.82) is 0 Å². The Balaban J connectivity index is 2.27. The van der Waals surface area contributed by atoms with Crippen LogP contribution in [0.2, 0.25) is 0 Å². The average Bonchev–Trinajstić information content (AvgIpc) is 2.93. The quantitative estimate of drug-likeness (QED) is 0.792. The molecule has 1 saturated heterocycles. The Morgan fingerprint density at radius 1 is 1.68 bits per heavy atom. The molecule has 1 aromatic heterocycles. The highest BCUT2D eigenvalue weighted by atomic mass is 32.2. The van der Waals surface area contributed by atoms with E-state index in [2.05, 4.69) is 10.2 Å². The lowest BCUT2D eigenvalue weighted by atomic mass is 10.3. The minimum Gasteiger partial charge on any atom is -0.465 e. The SMILES string of the molecule is CCOC(=O)C1CSCCN1S(=O)(=O)c1cn[nH]c1. The van der Waals surface area contributed by atoms with Gasteiger partial charge in [-0.05, 0) is 6.92 Å². The van der Waals surface area contributed by atoms with Crippen molar-refractivity contribution in [3.05, 3.63) is 12.4 Å². The number of thioether (sulfide) groups is 1. The van der Waals surface area contributed by atoms with Crippen LogP contribution in [0.25, 0.3) is 0 Å². The van der Waals surface area contributed by atoms with Crippen LogP contribution >= 0.6 is 11.8 Å². The lowest BCUT2D eigenvalue weighted by Crippen LogP contribution is -2.50. The van der Waals surface area contributed by atoms with Gasteiger partial charge in [0.05, 0.1) is 12.8 Å². The van der Waals surface area contributed by atoms with E-state index in [1.54, 1.807) is 18.7 Å². The van der Waals surface area contributed by atoms with E-state index in [0.29, 0.717) is 18.1 Å². The number of carbonyl (C=O) groups excluding carboxylic acids is 1. The number of nitrogens with one attached hydrogen (secondary N) is 1. The molecule has 2 rings (SSSR count). The van der Waals surface area contributed by atoms with Gasteiger partial charge in [0.25, 0.3) is 0 Å². The van der Waals surface area contributed by atoms with Crippen molar-refractivity contribution in [1.82, 2.24) is 14.5 Å². The van der Waals surface area contributed by atoms with Crippen molar-refractivity contribution < 1.29 is 17.9 Å². The van der Waals surface area contributed by atoms with Crippen LogP contribution < -0.4 is 0 Å². The van der Waals surface area contributed by atoms with Gasteiger partial charge < -0.3 is 4.74 Å². The third kappa shape index (κ3) is 2.93. The van der Waals surface area contributed by atoms with E-state index >= 15 is 0 Å². The molecule has 0 spiro atoms. The maximum atomic E-state index is 12.4. The summed E-state index contributed by atoms with van der Waals surface area (Å²) in [6, 6.07) is -0.765. The number of ether oxygens (including phenoxy) is 1. The molecular formula is C10H15N3O4S2. The number of hydrogen-bond donors (Lipinski definition) is 1. The number of rotatable bonds is 4. The number of aromatic nitrogens is 2. The Labute approximate surface area is 115 Å². The minimum absolute atomic E-state index is 0.0636. The first-order valence-corrected chi connectivity index (χ1v) is 8.42. The average molecular weight is 305 g/mol. The number of aromatic amines is 1. The van der Waals surface area contributed by atoms with Gasteiger partial charge in [-0.25, -0.2) is 8.42 Å². The molecule has 106 valence electrons. The zero-order chi connectivity index (χ0) is 13.9. The summed E-state index contributed by atoms with van der Waals surface area (Å²) in [5.74, 6) is 0.574. The maximum absolute atomic E-state index is 12.4. The van der Waals surface area contributed by atoms with Gasteiger partial charge in [-0.3, -0.25) is 9.89 Å². The van der Waals surface area contributed by atoms with E-state index in [4.69, 9.17) is 4.74 Å². The van der Waals surface area contributed by atoms with Gasteiger partial charge >= 0.3 is 5.97 Å². The number of esters is 1. The van der Waals surface area contributed by atoms with E-state index in [0.717, 1.165) is 0 Å². The summed E-state index contributed by atoms with van der Waals surface area (Å²) in [5.41, 5.74) is 0. The molecule has 0 radical (unpaired) electrons. The molecule has 0 aromatic carbocycles. The number of nitrogens with zero attached hydrogens (tertiary/aromatic N) is 2. The first-order valence-electron chi connectivity index (χ1n) is 5.82. The van der Waals surface area contributed by atoms with Gasteiger partial charge in [0.1, 0.15) is 10.9 Å². The molecule has 0 aliphatic carbocycles. The molecule has 0 bridgehead atoms. The molecule has 2 heterocycles. The molecule has 1 aromatic rings. The fourth-order valence-corrected chi connectivity index (χ4v) is 4.54. The van der Waals surface area contributed by atoms with Crippen LogP contribution in [0, 0.1) is 0 Å². The van der Waals surface area contributed by atoms with Crippen LogP contribution in [0.3, 0.4) is 0 Å². The largest absolute Gasteiger partial charge is 0.465 e. The monoisotopic (exact) mass is 305 g/mol. The van der Waals surface area contributed by atoms with E-state index in [1.165, 1.54) is 16.7 Å². The predicted octanol–water partition coefficient (Wildman–Crippen LogP) is 0.0789. The number of hydrogen-bond acceptors (Lipinski definition) is 6. The van der Waals surface area contributed by atoms with Crippen LogP contribution in [-0.2, 0) is 19.6 Å². The van der Waals surface area contributed by atoms with Gasteiger partial charge in [-0.2, -0.15) is 21.2 Å². The number of sulfonamides is 1. The van der Waals surface area contributed by atoms with E-state index < -0.39 is 22.0 Å². The van der Waals surface area contributed by atoms with E-state index in [-0.39, 0.29) is 11.5 Å². The molecule has 0 amide bonds. The van der Waals surface area contributed by atoms with Crippen LogP contribution in [0.15, 0.2) is 17.3 Å². The number of H-pyrrole nitrogens is 1. The number of carbonyl (C=O) groups is 1. The van der Waals surface area contributed by atoms with Crippen molar-refractivity contribution in [3.63, 3.8) is 0 Å². The highest BCUT2D eigenvalue weighted by Gasteiger charge is 2.39. The predicted molar refractivity (Wildman–Crippen MR) is 70.2 cm³/mol. The lowest BCUT2D eigenvalue weighted by molar-refractivity contribution is -0.146. The summed E-state index contributed by atoms with van der Waals surface area (Å²) in [4.78, 5) is 11.9. The Hall–Kier alpha value is -1.06. The van der Waals surface area contributed by atoms with Crippen molar-refractivity contribution in [2.75, 3.05) is 24.7 Å². The summed E-state index contributed by atoms with van der Waals surface area (Å²) in [7, 11) is -3.71.